The Hall–Kier alpha value is -3.01. The SMILES string of the molecule is CN1CCC(OCc2cccc(-c3csc(NC(=O)CNC(=O)c4ccn(C(C)(C)C)c4)n3)c2)CC1. The zero-order valence-electron chi connectivity index (χ0n) is 21.4. The topological polar surface area (TPSA) is 88.5 Å². The molecule has 0 bridgehead atoms. The zero-order valence-corrected chi connectivity index (χ0v) is 22.2. The predicted molar refractivity (Wildman–Crippen MR) is 143 cm³/mol. The number of nitrogens with zero attached hydrogens (tertiary/aromatic N) is 3. The molecule has 1 aromatic carbocycles. The maximum Gasteiger partial charge on any atom is 0.253 e. The van der Waals surface area contributed by atoms with Crippen molar-refractivity contribution in [3.05, 3.63) is 59.2 Å². The van der Waals surface area contributed by atoms with Crippen LogP contribution in [-0.4, -0.2) is 59.1 Å². The molecule has 0 aliphatic carbocycles. The number of benzene rings is 1. The standard InChI is InChI=1S/C27H35N5O3S/c1-27(2,3)32-13-8-21(16-32)25(34)28-15-24(33)30-26-29-23(18-36-26)20-7-5-6-19(14-20)17-35-22-9-11-31(4)12-10-22/h5-8,13-14,16,18,22H,9-12,15,17H2,1-4H3,(H,28,34)(H,29,30,33). The Kier molecular flexibility index (Phi) is 8.23. The molecule has 1 fully saturated rings. The van der Waals surface area contributed by atoms with Gasteiger partial charge in [-0.15, -0.1) is 11.3 Å². The van der Waals surface area contributed by atoms with Crippen molar-refractivity contribution in [1.82, 2.24) is 19.8 Å². The molecule has 0 spiro atoms. The first kappa shape index (κ1) is 26.1. The summed E-state index contributed by atoms with van der Waals surface area (Å²) in [7, 11) is 2.15. The fourth-order valence-electron chi connectivity index (χ4n) is 4.02. The molecule has 2 N–H and O–H groups in total. The lowest BCUT2D eigenvalue weighted by atomic mass is 10.1. The minimum absolute atomic E-state index is 0.113. The number of ether oxygens (including phenoxy) is 1. The lowest BCUT2D eigenvalue weighted by Gasteiger charge is -2.28. The number of likely N-dealkylation sites (tertiary alicyclic amines) is 1. The molecule has 2 aromatic heterocycles. The van der Waals surface area contributed by atoms with Gasteiger partial charge in [-0.1, -0.05) is 18.2 Å². The number of hydrogen-bond donors (Lipinski definition) is 2. The maximum atomic E-state index is 12.4. The van der Waals surface area contributed by atoms with Gasteiger partial charge in [0.1, 0.15) is 0 Å². The molecule has 192 valence electrons. The molecule has 4 rings (SSSR count). The number of piperidine rings is 1. The molecule has 1 saturated heterocycles. The van der Waals surface area contributed by atoms with Crippen LogP contribution in [0.5, 0.6) is 0 Å². The van der Waals surface area contributed by atoms with Gasteiger partial charge in [-0.25, -0.2) is 4.98 Å². The van der Waals surface area contributed by atoms with E-state index in [0.29, 0.717) is 23.4 Å². The summed E-state index contributed by atoms with van der Waals surface area (Å²) in [5.41, 5.74) is 3.29. The summed E-state index contributed by atoms with van der Waals surface area (Å²) in [5.74, 6) is -0.605. The van der Waals surface area contributed by atoms with Crippen LogP contribution in [0.3, 0.4) is 0 Å². The van der Waals surface area contributed by atoms with Gasteiger partial charge in [0.05, 0.1) is 30.5 Å². The van der Waals surface area contributed by atoms with Gasteiger partial charge in [-0.05, 0) is 58.4 Å². The third-order valence-corrected chi connectivity index (χ3v) is 7.02. The summed E-state index contributed by atoms with van der Waals surface area (Å²) in [6, 6.07) is 9.90. The Morgan fingerprint density at radius 2 is 1.97 bits per heavy atom. The Bertz CT molecular complexity index is 1190. The molecule has 9 heteroatoms. The van der Waals surface area contributed by atoms with E-state index in [2.05, 4.69) is 60.5 Å². The number of carbonyl (C=O) groups is 2. The summed E-state index contributed by atoms with van der Waals surface area (Å²) >= 11 is 1.36. The van der Waals surface area contributed by atoms with E-state index in [1.54, 1.807) is 12.3 Å². The van der Waals surface area contributed by atoms with Gasteiger partial charge in [0.2, 0.25) is 5.91 Å². The van der Waals surface area contributed by atoms with Crippen LogP contribution < -0.4 is 10.6 Å². The van der Waals surface area contributed by atoms with E-state index >= 15 is 0 Å². The highest BCUT2D eigenvalue weighted by molar-refractivity contribution is 7.14. The third kappa shape index (κ3) is 7.02. The molecule has 3 heterocycles. The number of aromatic nitrogens is 2. The van der Waals surface area contributed by atoms with Crippen LogP contribution in [0, 0.1) is 0 Å². The van der Waals surface area contributed by atoms with Gasteiger partial charge >= 0.3 is 0 Å². The van der Waals surface area contributed by atoms with Crippen molar-refractivity contribution in [2.75, 3.05) is 32.0 Å². The van der Waals surface area contributed by atoms with Crippen LogP contribution in [0.15, 0.2) is 48.1 Å². The van der Waals surface area contributed by atoms with Gasteiger partial charge in [0, 0.05) is 42.0 Å². The normalized spacial score (nSPS) is 15.1. The first-order valence-corrected chi connectivity index (χ1v) is 13.2. The largest absolute Gasteiger partial charge is 0.373 e. The molecule has 0 radical (unpaired) electrons. The molecule has 2 amide bonds. The van der Waals surface area contributed by atoms with Gasteiger partial charge in [-0.2, -0.15) is 0 Å². The first-order valence-electron chi connectivity index (χ1n) is 12.3. The van der Waals surface area contributed by atoms with Crippen molar-refractivity contribution >= 4 is 28.3 Å². The molecular formula is C27H35N5O3S. The van der Waals surface area contributed by atoms with Gasteiger partial charge < -0.3 is 24.8 Å². The van der Waals surface area contributed by atoms with Gasteiger partial charge in [0.15, 0.2) is 5.13 Å². The Labute approximate surface area is 216 Å². The molecular weight excluding hydrogens is 474 g/mol. The van der Waals surface area contributed by atoms with Crippen LogP contribution in [0.2, 0.25) is 0 Å². The Balaban J connectivity index is 1.27. The molecule has 8 nitrogen and oxygen atoms in total. The minimum atomic E-state index is -0.320. The lowest BCUT2D eigenvalue weighted by molar-refractivity contribution is -0.115. The Morgan fingerprint density at radius 1 is 1.19 bits per heavy atom. The van der Waals surface area contributed by atoms with Crippen LogP contribution in [0.1, 0.15) is 49.5 Å². The third-order valence-electron chi connectivity index (χ3n) is 6.26. The number of nitrogens with one attached hydrogen (secondary N) is 2. The average molecular weight is 510 g/mol. The predicted octanol–water partition coefficient (Wildman–Crippen LogP) is 4.35. The molecule has 36 heavy (non-hydrogen) atoms. The highest BCUT2D eigenvalue weighted by Crippen LogP contribution is 2.26. The maximum absolute atomic E-state index is 12.4. The second kappa shape index (κ2) is 11.4. The molecule has 3 aromatic rings. The van der Waals surface area contributed by atoms with E-state index in [0.717, 1.165) is 42.8 Å². The zero-order chi connectivity index (χ0) is 25.7. The number of anilines is 1. The number of thiazole rings is 1. The van der Waals surface area contributed by atoms with Crippen molar-refractivity contribution in [3.8, 4) is 11.3 Å². The van der Waals surface area contributed by atoms with Gasteiger partial charge in [-0.3, -0.25) is 9.59 Å². The molecule has 0 atom stereocenters. The van der Waals surface area contributed by atoms with Crippen LogP contribution in [0.25, 0.3) is 11.3 Å². The molecule has 0 saturated carbocycles. The smallest absolute Gasteiger partial charge is 0.253 e. The monoisotopic (exact) mass is 509 g/mol. The second-order valence-corrected chi connectivity index (χ2v) is 11.1. The van der Waals surface area contributed by atoms with E-state index in [4.69, 9.17) is 4.74 Å². The van der Waals surface area contributed by atoms with Crippen LogP contribution >= 0.6 is 11.3 Å². The van der Waals surface area contributed by atoms with Crippen LogP contribution in [-0.2, 0) is 21.7 Å². The fourth-order valence-corrected chi connectivity index (χ4v) is 4.76. The number of hydrogen-bond acceptors (Lipinski definition) is 6. The second-order valence-electron chi connectivity index (χ2n) is 10.3. The number of carbonyl (C=O) groups excluding carboxylic acids is 2. The quantitative estimate of drug-likeness (QED) is 0.472. The lowest BCUT2D eigenvalue weighted by Crippen LogP contribution is -2.34. The number of amides is 2. The summed E-state index contributed by atoms with van der Waals surface area (Å²) in [6.45, 7) is 8.78. The molecule has 1 aliphatic heterocycles. The van der Waals surface area contributed by atoms with Crippen LogP contribution in [0.4, 0.5) is 5.13 Å². The first-order chi connectivity index (χ1) is 17.2. The van der Waals surface area contributed by atoms with E-state index in [1.165, 1.54) is 11.3 Å². The van der Waals surface area contributed by atoms with E-state index in [-0.39, 0.29) is 23.9 Å². The van der Waals surface area contributed by atoms with Crippen molar-refractivity contribution in [2.24, 2.45) is 0 Å². The molecule has 0 unspecified atom stereocenters. The van der Waals surface area contributed by atoms with E-state index in [1.807, 2.05) is 28.3 Å². The van der Waals surface area contributed by atoms with Gasteiger partial charge in [0.25, 0.3) is 5.91 Å². The summed E-state index contributed by atoms with van der Waals surface area (Å²) in [6.07, 6.45) is 6.09. The van der Waals surface area contributed by atoms with Crippen molar-refractivity contribution in [1.29, 1.82) is 0 Å². The van der Waals surface area contributed by atoms with Crippen molar-refractivity contribution in [2.45, 2.75) is 51.9 Å². The fraction of sp³-hybridized carbons (Fsp3) is 0.444. The highest BCUT2D eigenvalue weighted by Gasteiger charge is 2.18. The van der Waals surface area contributed by atoms with E-state index in [9.17, 15) is 9.59 Å². The van der Waals surface area contributed by atoms with E-state index < -0.39 is 0 Å². The summed E-state index contributed by atoms with van der Waals surface area (Å²) in [5, 5.41) is 7.86. The Morgan fingerprint density at radius 3 is 2.69 bits per heavy atom. The summed E-state index contributed by atoms with van der Waals surface area (Å²) in [4.78, 5) is 31.7. The number of rotatable bonds is 8. The molecule has 1 aliphatic rings. The average Bonchev–Trinajstić information content (AvgIpc) is 3.53. The van der Waals surface area contributed by atoms with Crippen molar-refractivity contribution < 1.29 is 14.3 Å². The highest BCUT2D eigenvalue weighted by atomic mass is 32.1. The minimum Gasteiger partial charge on any atom is -0.373 e. The summed E-state index contributed by atoms with van der Waals surface area (Å²) < 4.78 is 8.09. The van der Waals surface area contributed by atoms with Crippen molar-refractivity contribution in [3.63, 3.8) is 0 Å².